The van der Waals surface area contributed by atoms with E-state index in [0.717, 1.165) is 57.9 Å². The Balaban J connectivity index is 1.20. The van der Waals surface area contributed by atoms with Gasteiger partial charge in [0.2, 0.25) is 5.91 Å². The van der Waals surface area contributed by atoms with E-state index in [-0.39, 0.29) is 11.7 Å². The molecule has 0 unspecified atom stereocenters. The van der Waals surface area contributed by atoms with Crippen LogP contribution < -0.4 is 4.90 Å². The number of nitrogens with zero attached hydrogens (tertiary/aromatic N) is 4. The third-order valence-electron chi connectivity index (χ3n) is 5.93. The number of carbonyl (C=O) groups is 1. The Kier molecular flexibility index (Phi) is 6.42. The monoisotopic (exact) mass is 396 g/mol. The molecule has 2 aromatic rings. The van der Waals surface area contributed by atoms with Crippen molar-refractivity contribution in [2.75, 3.05) is 63.8 Å². The molecular formula is C23H29FN4O. The van der Waals surface area contributed by atoms with Gasteiger partial charge in [0.1, 0.15) is 5.82 Å². The second kappa shape index (κ2) is 9.37. The maximum absolute atomic E-state index is 13.8. The minimum atomic E-state index is -0.139. The number of halogens is 1. The lowest BCUT2D eigenvalue weighted by Gasteiger charge is -2.38. The first-order valence-corrected chi connectivity index (χ1v) is 10.4. The average molecular weight is 397 g/mol. The highest BCUT2D eigenvalue weighted by Gasteiger charge is 2.25. The van der Waals surface area contributed by atoms with E-state index < -0.39 is 0 Å². The maximum atomic E-state index is 13.8. The molecule has 0 atom stereocenters. The van der Waals surface area contributed by atoms with Crippen LogP contribution in [-0.2, 0) is 11.3 Å². The van der Waals surface area contributed by atoms with E-state index in [4.69, 9.17) is 0 Å². The number of hydrogen-bond acceptors (Lipinski definition) is 4. The van der Waals surface area contributed by atoms with E-state index in [0.29, 0.717) is 13.1 Å². The van der Waals surface area contributed by atoms with Gasteiger partial charge in [-0.2, -0.15) is 0 Å². The van der Waals surface area contributed by atoms with Crippen LogP contribution in [0.4, 0.5) is 10.1 Å². The normalized spacial score (nSPS) is 18.8. The summed E-state index contributed by atoms with van der Waals surface area (Å²) in [6.07, 6.45) is 0. The molecule has 6 heteroatoms. The lowest BCUT2D eigenvalue weighted by atomic mass is 10.2. The van der Waals surface area contributed by atoms with Crippen LogP contribution in [0.2, 0.25) is 0 Å². The highest BCUT2D eigenvalue weighted by molar-refractivity contribution is 5.78. The third kappa shape index (κ3) is 5.14. The van der Waals surface area contributed by atoms with Gasteiger partial charge in [0.05, 0.1) is 6.54 Å². The smallest absolute Gasteiger partial charge is 0.236 e. The molecule has 2 fully saturated rings. The van der Waals surface area contributed by atoms with Gasteiger partial charge < -0.3 is 9.80 Å². The summed E-state index contributed by atoms with van der Waals surface area (Å²) in [7, 11) is 0. The van der Waals surface area contributed by atoms with Gasteiger partial charge in [0.15, 0.2) is 0 Å². The number of rotatable bonds is 5. The van der Waals surface area contributed by atoms with Crippen LogP contribution in [-0.4, -0.2) is 79.5 Å². The number of piperazine rings is 2. The lowest BCUT2D eigenvalue weighted by molar-refractivity contribution is -0.133. The predicted octanol–water partition coefficient (Wildman–Crippen LogP) is 2.29. The number of anilines is 1. The van der Waals surface area contributed by atoms with Crippen LogP contribution >= 0.6 is 0 Å². The van der Waals surface area contributed by atoms with E-state index >= 15 is 0 Å². The van der Waals surface area contributed by atoms with Gasteiger partial charge in [-0.25, -0.2) is 4.39 Å². The molecule has 0 aromatic heterocycles. The highest BCUT2D eigenvalue weighted by atomic mass is 19.1. The van der Waals surface area contributed by atoms with Crippen molar-refractivity contribution in [3.05, 3.63) is 66.0 Å². The molecule has 4 rings (SSSR count). The van der Waals surface area contributed by atoms with Gasteiger partial charge in [0, 0.05) is 70.2 Å². The van der Waals surface area contributed by atoms with Crippen molar-refractivity contribution in [3.63, 3.8) is 0 Å². The summed E-state index contributed by atoms with van der Waals surface area (Å²) in [5, 5.41) is 0. The van der Waals surface area contributed by atoms with E-state index in [1.807, 2.05) is 23.1 Å². The second-order valence-corrected chi connectivity index (χ2v) is 7.85. The molecule has 5 nitrogen and oxygen atoms in total. The number of para-hydroxylation sites is 1. The topological polar surface area (TPSA) is 30.0 Å². The fraction of sp³-hybridized carbons (Fsp3) is 0.435. The Morgan fingerprint density at radius 1 is 0.759 bits per heavy atom. The molecule has 0 bridgehead atoms. The van der Waals surface area contributed by atoms with Gasteiger partial charge >= 0.3 is 0 Å². The fourth-order valence-corrected chi connectivity index (χ4v) is 4.12. The third-order valence-corrected chi connectivity index (χ3v) is 5.93. The molecule has 2 heterocycles. The van der Waals surface area contributed by atoms with Crippen molar-refractivity contribution in [1.82, 2.24) is 14.7 Å². The summed E-state index contributed by atoms with van der Waals surface area (Å²) >= 11 is 0. The molecule has 29 heavy (non-hydrogen) atoms. The van der Waals surface area contributed by atoms with Gasteiger partial charge in [-0.3, -0.25) is 14.6 Å². The van der Waals surface area contributed by atoms with E-state index in [1.165, 1.54) is 11.8 Å². The van der Waals surface area contributed by atoms with E-state index in [9.17, 15) is 9.18 Å². The van der Waals surface area contributed by atoms with Crippen LogP contribution in [0.25, 0.3) is 0 Å². The standard InChI is InChI=1S/C23H29FN4O/c24-22-9-5-4-6-20(22)18-25-10-12-26(13-11-25)19-23(29)28-16-14-27(15-17-28)21-7-2-1-3-8-21/h1-9H,10-19H2. The molecule has 154 valence electrons. The summed E-state index contributed by atoms with van der Waals surface area (Å²) in [5.74, 6) is 0.0833. The van der Waals surface area contributed by atoms with Crippen LogP contribution in [0.3, 0.4) is 0 Å². The molecule has 1 amide bonds. The van der Waals surface area contributed by atoms with Gasteiger partial charge in [-0.15, -0.1) is 0 Å². The first-order valence-electron chi connectivity index (χ1n) is 10.4. The Morgan fingerprint density at radius 3 is 2.07 bits per heavy atom. The molecule has 0 saturated carbocycles. The molecule has 0 spiro atoms. The lowest BCUT2D eigenvalue weighted by Crippen LogP contribution is -2.53. The Morgan fingerprint density at radius 2 is 1.38 bits per heavy atom. The molecular weight excluding hydrogens is 367 g/mol. The summed E-state index contributed by atoms with van der Waals surface area (Å²) < 4.78 is 13.8. The highest BCUT2D eigenvalue weighted by Crippen LogP contribution is 2.16. The average Bonchev–Trinajstić information content (AvgIpc) is 2.77. The van der Waals surface area contributed by atoms with Crippen LogP contribution in [0, 0.1) is 5.82 Å². The zero-order chi connectivity index (χ0) is 20.1. The van der Waals surface area contributed by atoms with Crippen LogP contribution in [0.15, 0.2) is 54.6 Å². The zero-order valence-corrected chi connectivity index (χ0v) is 16.8. The minimum Gasteiger partial charge on any atom is -0.368 e. The summed E-state index contributed by atoms with van der Waals surface area (Å²) in [4.78, 5) is 21.5. The Bertz CT molecular complexity index is 800. The molecule has 2 aliphatic rings. The Labute approximate surface area is 172 Å². The van der Waals surface area contributed by atoms with Crippen LogP contribution in [0.5, 0.6) is 0 Å². The SMILES string of the molecule is O=C(CN1CCN(Cc2ccccc2F)CC1)N1CCN(c2ccccc2)CC1. The van der Waals surface area contributed by atoms with Crippen molar-refractivity contribution in [1.29, 1.82) is 0 Å². The first kappa shape index (κ1) is 19.9. The molecule has 2 aromatic carbocycles. The molecule has 0 radical (unpaired) electrons. The Hall–Kier alpha value is -2.44. The minimum absolute atomic E-state index is 0.139. The zero-order valence-electron chi connectivity index (χ0n) is 16.8. The summed E-state index contributed by atoms with van der Waals surface area (Å²) in [5.41, 5.74) is 1.97. The van der Waals surface area contributed by atoms with Crippen molar-refractivity contribution in [3.8, 4) is 0 Å². The molecule has 0 N–H and O–H groups in total. The number of carbonyl (C=O) groups excluding carboxylic acids is 1. The van der Waals surface area contributed by atoms with E-state index in [1.54, 1.807) is 6.07 Å². The second-order valence-electron chi connectivity index (χ2n) is 7.85. The van der Waals surface area contributed by atoms with Crippen molar-refractivity contribution in [2.45, 2.75) is 6.54 Å². The largest absolute Gasteiger partial charge is 0.368 e. The number of hydrogen-bond donors (Lipinski definition) is 0. The van der Waals surface area contributed by atoms with Gasteiger partial charge in [-0.05, 0) is 18.2 Å². The fourth-order valence-electron chi connectivity index (χ4n) is 4.12. The van der Waals surface area contributed by atoms with E-state index in [2.05, 4.69) is 39.0 Å². The predicted molar refractivity (Wildman–Crippen MR) is 113 cm³/mol. The molecule has 2 saturated heterocycles. The summed E-state index contributed by atoms with van der Waals surface area (Å²) in [6.45, 7) is 7.87. The first-order chi connectivity index (χ1) is 14.2. The quantitative estimate of drug-likeness (QED) is 0.776. The molecule has 2 aliphatic heterocycles. The van der Waals surface area contributed by atoms with Crippen molar-refractivity contribution in [2.24, 2.45) is 0 Å². The number of benzene rings is 2. The van der Waals surface area contributed by atoms with Crippen LogP contribution in [0.1, 0.15) is 5.56 Å². The maximum Gasteiger partial charge on any atom is 0.236 e. The molecule has 0 aliphatic carbocycles. The van der Waals surface area contributed by atoms with Crippen molar-refractivity contribution >= 4 is 11.6 Å². The van der Waals surface area contributed by atoms with Gasteiger partial charge in [0.25, 0.3) is 0 Å². The summed E-state index contributed by atoms with van der Waals surface area (Å²) in [6, 6.07) is 17.3. The van der Waals surface area contributed by atoms with Crippen molar-refractivity contribution < 1.29 is 9.18 Å². The number of amides is 1. The van der Waals surface area contributed by atoms with Gasteiger partial charge in [-0.1, -0.05) is 36.4 Å².